The van der Waals surface area contributed by atoms with Crippen molar-refractivity contribution >= 4 is 16.9 Å². The van der Waals surface area contributed by atoms with E-state index in [1.165, 1.54) is 18.5 Å². The summed E-state index contributed by atoms with van der Waals surface area (Å²) in [5, 5.41) is 5.32. The van der Waals surface area contributed by atoms with Crippen molar-refractivity contribution in [1.29, 1.82) is 0 Å². The molecule has 9 heteroatoms. The third-order valence-corrected chi connectivity index (χ3v) is 4.96. The minimum absolute atomic E-state index is 0.221. The average molecular weight is 405 g/mol. The molecule has 3 aromatic rings. The van der Waals surface area contributed by atoms with Gasteiger partial charge in [0.15, 0.2) is 5.65 Å². The lowest BCUT2D eigenvalue weighted by Gasteiger charge is -2.34. The summed E-state index contributed by atoms with van der Waals surface area (Å²) < 4.78 is 46.1. The zero-order chi connectivity index (χ0) is 20.8. The number of rotatable bonds is 2. The van der Waals surface area contributed by atoms with Gasteiger partial charge < -0.3 is 9.64 Å². The smallest absolute Gasteiger partial charge is 0.370 e. The Bertz CT molecular complexity index is 1010. The minimum Gasteiger partial charge on any atom is -0.370 e. The number of benzene rings is 1. The number of aromatic nitrogens is 4. The molecule has 6 nitrogen and oxygen atoms in total. The van der Waals surface area contributed by atoms with E-state index in [-0.39, 0.29) is 11.6 Å². The number of hydrogen-bond donors (Lipinski definition) is 0. The standard InChI is InChI=1S/C20H22F3N5O/c1-19(2,3)28-18-15(10-26-28)17(24-12-25-18)27-8-9-29-16(11-27)13-4-6-14(7-5-13)20(21,22)23/h4-7,10,12,16H,8-9,11H2,1-3H3. The molecule has 0 amide bonds. The maximum atomic E-state index is 12.8. The van der Waals surface area contributed by atoms with Crippen LogP contribution in [0.25, 0.3) is 11.0 Å². The van der Waals surface area contributed by atoms with Crippen LogP contribution in [0.15, 0.2) is 36.8 Å². The Morgan fingerprint density at radius 1 is 1.07 bits per heavy atom. The van der Waals surface area contributed by atoms with Crippen LogP contribution in [0.3, 0.4) is 0 Å². The number of morpholine rings is 1. The molecule has 0 bridgehead atoms. The van der Waals surface area contributed by atoms with Gasteiger partial charge in [0.1, 0.15) is 18.2 Å². The van der Waals surface area contributed by atoms with Crippen LogP contribution in [-0.4, -0.2) is 39.4 Å². The second-order valence-electron chi connectivity index (χ2n) is 8.09. The average Bonchev–Trinajstić information content (AvgIpc) is 3.12. The summed E-state index contributed by atoms with van der Waals surface area (Å²) in [5.41, 5.74) is 0.570. The lowest BCUT2D eigenvalue weighted by Crippen LogP contribution is -2.39. The van der Waals surface area contributed by atoms with E-state index in [0.29, 0.717) is 25.3 Å². The van der Waals surface area contributed by atoms with Crippen molar-refractivity contribution in [3.05, 3.63) is 47.9 Å². The Morgan fingerprint density at radius 2 is 1.79 bits per heavy atom. The van der Waals surface area contributed by atoms with E-state index < -0.39 is 11.7 Å². The van der Waals surface area contributed by atoms with Crippen LogP contribution in [0.1, 0.15) is 38.0 Å². The zero-order valence-electron chi connectivity index (χ0n) is 16.4. The highest BCUT2D eigenvalue weighted by molar-refractivity contribution is 5.86. The Kier molecular flexibility index (Phi) is 4.72. The summed E-state index contributed by atoms with van der Waals surface area (Å²) in [7, 11) is 0. The van der Waals surface area contributed by atoms with Gasteiger partial charge in [-0.15, -0.1) is 0 Å². The number of fused-ring (bicyclic) bond motifs is 1. The van der Waals surface area contributed by atoms with Crippen LogP contribution in [0.2, 0.25) is 0 Å². The molecule has 0 radical (unpaired) electrons. The highest BCUT2D eigenvalue weighted by Gasteiger charge is 2.31. The lowest BCUT2D eigenvalue weighted by molar-refractivity contribution is -0.137. The zero-order valence-corrected chi connectivity index (χ0v) is 16.4. The fourth-order valence-electron chi connectivity index (χ4n) is 3.50. The quantitative estimate of drug-likeness (QED) is 0.640. The lowest BCUT2D eigenvalue weighted by atomic mass is 10.0. The van der Waals surface area contributed by atoms with Gasteiger partial charge in [-0.2, -0.15) is 18.3 Å². The molecule has 1 unspecified atom stereocenters. The van der Waals surface area contributed by atoms with E-state index in [2.05, 4.69) is 40.7 Å². The Balaban J connectivity index is 1.61. The molecule has 4 rings (SSSR count). The number of anilines is 1. The van der Waals surface area contributed by atoms with Crippen LogP contribution >= 0.6 is 0 Å². The Labute approximate surface area is 166 Å². The van der Waals surface area contributed by atoms with Gasteiger partial charge in [0, 0.05) is 13.1 Å². The largest absolute Gasteiger partial charge is 0.416 e. The third kappa shape index (κ3) is 3.78. The van der Waals surface area contributed by atoms with E-state index >= 15 is 0 Å². The minimum atomic E-state index is -4.35. The summed E-state index contributed by atoms with van der Waals surface area (Å²) in [6, 6.07) is 5.14. The van der Waals surface area contributed by atoms with E-state index in [4.69, 9.17) is 4.74 Å². The molecule has 29 heavy (non-hydrogen) atoms. The SMILES string of the molecule is CC(C)(C)n1ncc2c(N3CCOC(c4ccc(C(F)(F)F)cc4)C3)ncnc21. The van der Waals surface area contributed by atoms with Crippen LogP contribution in [0.4, 0.5) is 19.0 Å². The second kappa shape index (κ2) is 6.98. The van der Waals surface area contributed by atoms with E-state index in [1.54, 1.807) is 6.20 Å². The molecule has 0 N–H and O–H groups in total. The van der Waals surface area contributed by atoms with Crippen molar-refractivity contribution in [3.8, 4) is 0 Å². The molecule has 0 aliphatic carbocycles. The van der Waals surface area contributed by atoms with Crippen LogP contribution in [0.5, 0.6) is 0 Å². The van der Waals surface area contributed by atoms with Gasteiger partial charge >= 0.3 is 6.18 Å². The molecular weight excluding hydrogens is 383 g/mol. The molecule has 1 aromatic carbocycles. The van der Waals surface area contributed by atoms with Gasteiger partial charge in [-0.25, -0.2) is 14.6 Å². The van der Waals surface area contributed by atoms with Crippen molar-refractivity contribution in [2.24, 2.45) is 0 Å². The molecule has 2 aromatic heterocycles. The van der Waals surface area contributed by atoms with Gasteiger partial charge in [-0.05, 0) is 38.5 Å². The van der Waals surface area contributed by atoms with Gasteiger partial charge in [0.25, 0.3) is 0 Å². The second-order valence-corrected chi connectivity index (χ2v) is 8.09. The Hall–Kier alpha value is -2.68. The molecule has 0 saturated carbocycles. The predicted octanol–water partition coefficient (Wildman–Crippen LogP) is 4.18. The fourth-order valence-corrected chi connectivity index (χ4v) is 3.50. The summed E-state index contributed by atoms with van der Waals surface area (Å²) in [5.74, 6) is 0.755. The first-order valence-electron chi connectivity index (χ1n) is 9.37. The van der Waals surface area contributed by atoms with Gasteiger partial charge in [0.2, 0.25) is 0 Å². The summed E-state index contributed by atoms with van der Waals surface area (Å²) in [6.45, 7) is 7.72. The fraction of sp³-hybridized carbons (Fsp3) is 0.450. The first-order valence-corrected chi connectivity index (χ1v) is 9.37. The Morgan fingerprint density at radius 3 is 2.45 bits per heavy atom. The van der Waals surface area contributed by atoms with E-state index in [9.17, 15) is 13.2 Å². The van der Waals surface area contributed by atoms with E-state index in [0.717, 1.165) is 29.0 Å². The topological polar surface area (TPSA) is 56.1 Å². The molecule has 154 valence electrons. The number of halogens is 3. The molecule has 0 spiro atoms. The molecule has 1 saturated heterocycles. The van der Waals surface area contributed by atoms with Crippen molar-refractivity contribution < 1.29 is 17.9 Å². The maximum Gasteiger partial charge on any atom is 0.416 e. The highest BCUT2D eigenvalue weighted by atomic mass is 19.4. The third-order valence-electron chi connectivity index (χ3n) is 4.96. The molecular formula is C20H22F3N5O. The van der Waals surface area contributed by atoms with Crippen molar-refractivity contribution in [1.82, 2.24) is 19.7 Å². The molecule has 1 aliphatic heterocycles. The van der Waals surface area contributed by atoms with Gasteiger partial charge in [0.05, 0.1) is 29.3 Å². The predicted molar refractivity (Wildman–Crippen MR) is 103 cm³/mol. The summed E-state index contributed by atoms with van der Waals surface area (Å²) in [6.07, 6.45) is -1.41. The van der Waals surface area contributed by atoms with Gasteiger partial charge in [-0.3, -0.25) is 0 Å². The molecule has 1 atom stereocenters. The van der Waals surface area contributed by atoms with Crippen molar-refractivity contribution in [3.63, 3.8) is 0 Å². The highest BCUT2D eigenvalue weighted by Crippen LogP contribution is 2.33. The monoisotopic (exact) mass is 405 g/mol. The first kappa shape index (κ1) is 19.6. The molecule has 1 fully saturated rings. The molecule has 3 heterocycles. The number of alkyl halides is 3. The molecule has 1 aliphatic rings. The summed E-state index contributed by atoms with van der Waals surface area (Å²) in [4.78, 5) is 10.9. The van der Waals surface area contributed by atoms with Crippen LogP contribution in [0, 0.1) is 0 Å². The van der Waals surface area contributed by atoms with E-state index in [1.807, 2.05) is 4.68 Å². The summed E-state index contributed by atoms with van der Waals surface area (Å²) >= 11 is 0. The van der Waals surface area contributed by atoms with Crippen LogP contribution < -0.4 is 4.90 Å². The number of hydrogen-bond acceptors (Lipinski definition) is 5. The normalized spacial score (nSPS) is 18.4. The maximum absolute atomic E-state index is 12.8. The van der Waals surface area contributed by atoms with Gasteiger partial charge in [-0.1, -0.05) is 12.1 Å². The van der Waals surface area contributed by atoms with Crippen molar-refractivity contribution in [2.75, 3.05) is 24.6 Å². The van der Waals surface area contributed by atoms with Crippen molar-refractivity contribution in [2.45, 2.75) is 38.6 Å². The number of nitrogens with zero attached hydrogens (tertiary/aromatic N) is 5. The van der Waals surface area contributed by atoms with Crippen LogP contribution in [-0.2, 0) is 16.5 Å². The number of ether oxygens (including phenoxy) is 1. The first-order chi connectivity index (χ1) is 13.6.